The Morgan fingerprint density at radius 2 is 2.00 bits per heavy atom. The third kappa shape index (κ3) is 2.84. The fourth-order valence-electron chi connectivity index (χ4n) is 1.52. The van der Waals surface area contributed by atoms with Gasteiger partial charge in [-0.2, -0.15) is 0 Å². The second-order valence-electron chi connectivity index (χ2n) is 3.51. The molecule has 2 rings (SSSR count). The Hall–Kier alpha value is -0.840. The van der Waals surface area contributed by atoms with E-state index < -0.39 is 0 Å². The summed E-state index contributed by atoms with van der Waals surface area (Å²) >= 11 is 11.4. The summed E-state index contributed by atoms with van der Waals surface area (Å²) in [5, 5.41) is 4.53. The highest BCUT2D eigenvalue weighted by atomic mass is 35.5. The van der Waals surface area contributed by atoms with Crippen molar-refractivity contribution in [1.82, 2.24) is 4.90 Å². The molecule has 1 fully saturated rings. The zero-order valence-corrected chi connectivity index (χ0v) is 10.4. The van der Waals surface area contributed by atoms with E-state index in [1.54, 1.807) is 0 Å². The van der Waals surface area contributed by atoms with Gasteiger partial charge in [0.2, 0.25) is 0 Å². The molecule has 0 saturated carbocycles. The highest BCUT2D eigenvalue weighted by Gasteiger charge is 2.14. The summed E-state index contributed by atoms with van der Waals surface area (Å²) in [6.45, 7) is 3.11. The van der Waals surface area contributed by atoms with Crippen molar-refractivity contribution in [3.05, 3.63) is 29.3 Å². The van der Waals surface area contributed by atoms with E-state index in [1.165, 1.54) is 0 Å². The molecule has 0 aliphatic carbocycles. The standard InChI is InChI=1S/C11H13ClN2OS/c12-9-3-1-2-4-10(9)13-11(16)14-5-7-15-8-6-14/h1-4H,5-8H2,(H,13,16). The molecule has 1 heterocycles. The Morgan fingerprint density at radius 1 is 1.31 bits per heavy atom. The summed E-state index contributed by atoms with van der Waals surface area (Å²) in [6.07, 6.45) is 0. The monoisotopic (exact) mass is 256 g/mol. The summed E-state index contributed by atoms with van der Waals surface area (Å²) in [4.78, 5) is 2.09. The van der Waals surface area contributed by atoms with Crippen LogP contribution in [0.4, 0.5) is 5.69 Å². The van der Waals surface area contributed by atoms with Gasteiger partial charge in [0.05, 0.1) is 23.9 Å². The molecule has 0 radical (unpaired) electrons. The number of para-hydroxylation sites is 1. The molecule has 16 heavy (non-hydrogen) atoms. The minimum Gasteiger partial charge on any atom is -0.378 e. The van der Waals surface area contributed by atoms with Crippen LogP contribution in [0.1, 0.15) is 0 Å². The zero-order valence-electron chi connectivity index (χ0n) is 8.78. The summed E-state index contributed by atoms with van der Waals surface area (Å²) in [5.74, 6) is 0. The number of ether oxygens (including phenoxy) is 1. The first-order valence-electron chi connectivity index (χ1n) is 5.15. The number of benzene rings is 1. The summed E-state index contributed by atoms with van der Waals surface area (Å²) < 4.78 is 5.27. The molecule has 86 valence electrons. The summed E-state index contributed by atoms with van der Waals surface area (Å²) in [5.41, 5.74) is 0.848. The first-order valence-corrected chi connectivity index (χ1v) is 5.94. The van der Waals surface area contributed by atoms with Crippen LogP contribution in [0.15, 0.2) is 24.3 Å². The first-order chi connectivity index (χ1) is 7.77. The average Bonchev–Trinajstić information content (AvgIpc) is 2.33. The third-order valence-corrected chi connectivity index (χ3v) is 3.10. The number of hydrogen-bond acceptors (Lipinski definition) is 2. The van der Waals surface area contributed by atoms with Crippen molar-refractivity contribution in [2.24, 2.45) is 0 Å². The molecule has 0 unspecified atom stereocenters. The van der Waals surface area contributed by atoms with Crippen LogP contribution in [0, 0.1) is 0 Å². The molecule has 0 atom stereocenters. The van der Waals surface area contributed by atoms with E-state index in [2.05, 4.69) is 10.2 Å². The molecule has 1 aromatic carbocycles. The van der Waals surface area contributed by atoms with Crippen molar-refractivity contribution < 1.29 is 4.74 Å². The highest BCUT2D eigenvalue weighted by molar-refractivity contribution is 7.80. The van der Waals surface area contributed by atoms with E-state index in [4.69, 9.17) is 28.6 Å². The van der Waals surface area contributed by atoms with Crippen LogP contribution in [0.5, 0.6) is 0 Å². The van der Waals surface area contributed by atoms with E-state index in [1.807, 2.05) is 24.3 Å². The highest BCUT2D eigenvalue weighted by Crippen LogP contribution is 2.20. The van der Waals surface area contributed by atoms with Crippen LogP contribution in [0.2, 0.25) is 5.02 Å². The Balaban J connectivity index is 1.99. The maximum Gasteiger partial charge on any atom is 0.173 e. The number of thiocarbonyl (C=S) groups is 1. The summed E-state index contributed by atoms with van der Waals surface area (Å²) in [7, 11) is 0. The Labute approximate surface area is 105 Å². The normalized spacial score (nSPS) is 15.9. The SMILES string of the molecule is S=C(Nc1ccccc1Cl)N1CCOCC1. The van der Waals surface area contributed by atoms with Gasteiger partial charge in [-0.05, 0) is 24.4 Å². The van der Waals surface area contributed by atoms with Gasteiger partial charge in [-0.15, -0.1) is 0 Å². The van der Waals surface area contributed by atoms with Crippen LogP contribution in [-0.4, -0.2) is 36.3 Å². The number of nitrogens with zero attached hydrogens (tertiary/aromatic N) is 1. The van der Waals surface area contributed by atoms with Crippen LogP contribution < -0.4 is 5.32 Å². The van der Waals surface area contributed by atoms with Gasteiger partial charge in [-0.3, -0.25) is 0 Å². The molecular weight excluding hydrogens is 244 g/mol. The second-order valence-corrected chi connectivity index (χ2v) is 4.30. The molecule has 1 saturated heterocycles. The minimum absolute atomic E-state index is 0.679. The Morgan fingerprint density at radius 3 is 2.69 bits per heavy atom. The Kier molecular flexibility index (Phi) is 3.98. The lowest BCUT2D eigenvalue weighted by Crippen LogP contribution is -2.42. The van der Waals surface area contributed by atoms with Crippen molar-refractivity contribution in [1.29, 1.82) is 0 Å². The van der Waals surface area contributed by atoms with E-state index in [9.17, 15) is 0 Å². The van der Waals surface area contributed by atoms with Crippen molar-refractivity contribution in [2.75, 3.05) is 31.6 Å². The number of rotatable bonds is 1. The van der Waals surface area contributed by atoms with Crippen molar-refractivity contribution in [3.63, 3.8) is 0 Å². The minimum atomic E-state index is 0.679. The molecule has 1 aliphatic rings. The van der Waals surface area contributed by atoms with Crippen LogP contribution in [-0.2, 0) is 4.74 Å². The lowest BCUT2D eigenvalue weighted by atomic mass is 10.3. The van der Waals surface area contributed by atoms with Gasteiger partial charge in [-0.1, -0.05) is 23.7 Å². The maximum atomic E-state index is 6.04. The molecule has 1 aliphatic heterocycles. The largest absolute Gasteiger partial charge is 0.378 e. The van der Waals surface area contributed by atoms with E-state index in [-0.39, 0.29) is 0 Å². The number of hydrogen-bond donors (Lipinski definition) is 1. The summed E-state index contributed by atoms with van der Waals surface area (Å²) in [6, 6.07) is 7.57. The van der Waals surface area contributed by atoms with Gasteiger partial charge in [0, 0.05) is 13.1 Å². The molecule has 1 N–H and O–H groups in total. The predicted octanol–water partition coefficient (Wildman–Crippen LogP) is 2.37. The first kappa shape index (κ1) is 11.6. The van der Waals surface area contributed by atoms with E-state index >= 15 is 0 Å². The third-order valence-electron chi connectivity index (χ3n) is 2.41. The van der Waals surface area contributed by atoms with Crippen LogP contribution >= 0.6 is 23.8 Å². The number of morpholine rings is 1. The van der Waals surface area contributed by atoms with Gasteiger partial charge >= 0.3 is 0 Å². The lowest BCUT2D eigenvalue weighted by Gasteiger charge is -2.29. The van der Waals surface area contributed by atoms with E-state index in [0.717, 1.165) is 32.0 Å². The maximum absolute atomic E-state index is 6.04. The van der Waals surface area contributed by atoms with Gasteiger partial charge in [0.1, 0.15) is 0 Å². The van der Waals surface area contributed by atoms with E-state index in [0.29, 0.717) is 10.1 Å². The lowest BCUT2D eigenvalue weighted by molar-refractivity contribution is 0.0690. The number of halogens is 1. The fraction of sp³-hybridized carbons (Fsp3) is 0.364. The molecule has 0 spiro atoms. The molecule has 0 amide bonds. The molecule has 3 nitrogen and oxygen atoms in total. The van der Waals surface area contributed by atoms with Crippen molar-refractivity contribution in [2.45, 2.75) is 0 Å². The Bertz CT molecular complexity index is 380. The quantitative estimate of drug-likeness (QED) is 0.780. The molecule has 5 heteroatoms. The number of nitrogens with one attached hydrogen (secondary N) is 1. The molecule has 0 aromatic heterocycles. The van der Waals surface area contributed by atoms with Crippen LogP contribution in [0.3, 0.4) is 0 Å². The van der Waals surface area contributed by atoms with Gasteiger partial charge in [-0.25, -0.2) is 0 Å². The molecule has 0 bridgehead atoms. The molecule has 1 aromatic rings. The topological polar surface area (TPSA) is 24.5 Å². The van der Waals surface area contributed by atoms with Crippen molar-refractivity contribution >= 4 is 34.6 Å². The van der Waals surface area contributed by atoms with Crippen molar-refractivity contribution in [3.8, 4) is 0 Å². The van der Waals surface area contributed by atoms with Crippen LogP contribution in [0.25, 0.3) is 0 Å². The molecular formula is C11H13ClN2OS. The zero-order chi connectivity index (χ0) is 11.4. The van der Waals surface area contributed by atoms with Gasteiger partial charge in [0.25, 0.3) is 0 Å². The predicted molar refractivity (Wildman–Crippen MR) is 70.1 cm³/mol. The number of anilines is 1. The average molecular weight is 257 g/mol. The smallest absolute Gasteiger partial charge is 0.173 e. The fourth-order valence-corrected chi connectivity index (χ4v) is 2.00. The van der Waals surface area contributed by atoms with Gasteiger partial charge in [0.15, 0.2) is 5.11 Å². The second kappa shape index (κ2) is 5.48. The van der Waals surface area contributed by atoms with Gasteiger partial charge < -0.3 is 15.0 Å².